The number of carbonyl (C=O) groups excluding carboxylic acids is 1. The third-order valence-corrected chi connectivity index (χ3v) is 4.32. The molecule has 0 aromatic carbocycles. The van der Waals surface area contributed by atoms with Gasteiger partial charge in [0.05, 0.1) is 17.5 Å². The lowest BCUT2D eigenvalue weighted by molar-refractivity contribution is -0.125. The molecule has 1 aliphatic heterocycles. The van der Waals surface area contributed by atoms with Crippen molar-refractivity contribution in [3.8, 4) is 11.8 Å². The van der Waals surface area contributed by atoms with Gasteiger partial charge in [-0.25, -0.2) is 8.51 Å². The molecule has 1 unspecified atom stereocenters. The van der Waals surface area contributed by atoms with E-state index in [1.807, 2.05) is 11.2 Å². The largest absolute Gasteiger partial charge is 0.345 e. The van der Waals surface area contributed by atoms with Crippen LogP contribution in [0.3, 0.4) is 0 Å². The molecule has 5 heteroatoms. The van der Waals surface area contributed by atoms with E-state index in [1.165, 1.54) is 0 Å². The van der Waals surface area contributed by atoms with Gasteiger partial charge in [-0.1, -0.05) is 12.8 Å². The number of nitrogens with one attached hydrogen (secondary N) is 1. The molecule has 0 bridgehead atoms. The monoisotopic (exact) mass is 256 g/mol. The van der Waals surface area contributed by atoms with Gasteiger partial charge >= 0.3 is 0 Å². The third kappa shape index (κ3) is 4.49. The second kappa shape index (κ2) is 7.46. The van der Waals surface area contributed by atoms with E-state index in [4.69, 9.17) is 0 Å². The van der Waals surface area contributed by atoms with Crippen molar-refractivity contribution in [2.45, 2.75) is 26.7 Å². The number of rotatable bonds is 4. The van der Waals surface area contributed by atoms with Gasteiger partial charge < -0.3 is 5.32 Å². The molecule has 0 spiro atoms. The predicted octanol–water partition coefficient (Wildman–Crippen LogP) is 0.521. The zero-order valence-corrected chi connectivity index (χ0v) is 11.3. The van der Waals surface area contributed by atoms with Crippen molar-refractivity contribution in [3.05, 3.63) is 0 Å². The zero-order chi connectivity index (χ0) is 12.7. The Labute approximate surface area is 106 Å². The normalized spacial score (nSPS) is 19.2. The standard InChI is InChI=1S/C12H20N2O2S/c1-3-5-8-13-12(15)11-6-9-14(10-7-11)17(16)4-2/h11H,4,6-10H2,1-2H3,(H,13,15). The van der Waals surface area contributed by atoms with Crippen LogP contribution in [0.5, 0.6) is 0 Å². The number of carbonyl (C=O) groups is 1. The summed E-state index contributed by atoms with van der Waals surface area (Å²) in [5, 5.41) is 2.80. The Morgan fingerprint density at radius 2 is 2.12 bits per heavy atom. The van der Waals surface area contributed by atoms with E-state index < -0.39 is 11.0 Å². The van der Waals surface area contributed by atoms with Gasteiger partial charge in [0.25, 0.3) is 0 Å². The summed E-state index contributed by atoms with van der Waals surface area (Å²) in [6.45, 7) is 5.59. The van der Waals surface area contributed by atoms with E-state index in [1.54, 1.807) is 6.92 Å². The molecule has 17 heavy (non-hydrogen) atoms. The fraction of sp³-hybridized carbons (Fsp3) is 0.750. The van der Waals surface area contributed by atoms with E-state index in [0.717, 1.165) is 25.9 Å². The van der Waals surface area contributed by atoms with Crippen LogP contribution in [0, 0.1) is 17.8 Å². The highest BCUT2D eigenvalue weighted by Crippen LogP contribution is 2.18. The molecule has 0 radical (unpaired) electrons. The van der Waals surface area contributed by atoms with Gasteiger partial charge in [-0.15, -0.1) is 5.92 Å². The van der Waals surface area contributed by atoms with Gasteiger partial charge in [0, 0.05) is 24.8 Å². The van der Waals surface area contributed by atoms with Crippen molar-refractivity contribution in [1.82, 2.24) is 9.62 Å². The van der Waals surface area contributed by atoms with Crippen LogP contribution in [-0.4, -0.2) is 39.8 Å². The highest BCUT2D eigenvalue weighted by atomic mass is 32.2. The maximum absolute atomic E-state index is 11.7. The highest BCUT2D eigenvalue weighted by Gasteiger charge is 2.26. The summed E-state index contributed by atoms with van der Waals surface area (Å²) in [4.78, 5) is 11.7. The van der Waals surface area contributed by atoms with Crippen LogP contribution < -0.4 is 5.32 Å². The first-order chi connectivity index (χ1) is 8.19. The topological polar surface area (TPSA) is 49.4 Å². The Balaban J connectivity index is 2.32. The molecule has 1 rings (SSSR count). The lowest BCUT2D eigenvalue weighted by atomic mass is 9.97. The molecule has 1 amide bonds. The van der Waals surface area contributed by atoms with Crippen LogP contribution in [-0.2, 0) is 15.8 Å². The molecule has 1 heterocycles. The molecule has 0 aromatic rings. The summed E-state index contributed by atoms with van der Waals surface area (Å²) in [6, 6.07) is 0. The van der Waals surface area contributed by atoms with Crippen LogP contribution in [0.15, 0.2) is 0 Å². The van der Waals surface area contributed by atoms with Gasteiger partial charge in [-0.05, 0) is 19.8 Å². The molecule has 1 aliphatic rings. The van der Waals surface area contributed by atoms with Crippen molar-refractivity contribution >= 4 is 16.9 Å². The molecule has 1 fully saturated rings. The van der Waals surface area contributed by atoms with E-state index >= 15 is 0 Å². The average Bonchev–Trinajstić information content (AvgIpc) is 2.38. The SMILES string of the molecule is CC#CCNC(=O)C1CCN(S(=O)CC)CC1. The van der Waals surface area contributed by atoms with Gasteiger partial charge in [0.2, 0.25) is 5.91 Å². The molecule has 1 atom stereocenters. The van der Waals surface area contributed by atoms with Crippen LogP contribution in [0.2, 0.25) is 0 Å². The Bertz CT molecular complexity index is 338. The summed E-state index contributed by atoms with van der Waals surface area (Å²) in [6.07, 6.45) is 1.58. The number of nitrogens with zero attached hydrogens (tertiary/aromatic N) is 1. The smallest absolute Gasteiger partial charge is 0.223 e. The predicted molar refractivity (Wildman–Crippen MR) is 69.4 cm³/mol. The maximum atomic E-state index is 11.7. The number of amides is 1. The number of hydrogen-bond donors (Lipinski definition) is 1. The first-order valence-electron chi connectivity index (χ1n) is 5.99. The van der Waals surface area contributed by atoms with Crippen LogP contribution in [0.4, 0.5) is 0 Å². The van der Waals surface area contributed by atoms with Gasteiger partial charge in [-0.2, -0.15) is 0 Å². The third-order valence-electron chi connectivity index (χ3n) is 2.89. The quantitative estimate of drug-likeness (QED) is 0.746. The Morgan fingerprint density at radius 1 is 1.47 bits per heavy atom. The fourth-order valence-corrected chi connectivity index (χ4v) is 2.85. The highest BCUT2D eigenvalue weighted by molar-refractivity contribution is 7.82. The summed E-state index contributed by atoms with van der Waals surface area (Å²) < 4.78 is 13.5. The molecule has 1 saturated heterocycles. The van der Waals surface area contributed by atoms with Crippen molar-refractivity contribution in [3.63, 3.8) is 0 Å². The number of hydrogen-bond acceptors (Lipinski definition) is 2. The second-order valence-corrected chi connectivity index (χ2v) is 5.69. The molecule has 0 aromatic heterocycles. The molecule has 4 nitrogen and oxygen atoms in total. The molecular weight excluding hydrogens is 236 g/mol. The minimum Gasteiger partial charge on any atom is -0.345 e. The lowest BCUT2D eigenvalue weighted by Gasteiger charge is -2.29. The lowest BCUT2D eigenvalue weighted by Crippen LogP contribution is -2.41. The van der Waals surface area contributed by atoms with Crippen molar-refractivity contribution in [2.75, 3.05) is 25.4 Å². The maximum Gasteiger partial charge on any atom is 0.223 e. The van der Waals surface area contributed by atoms with Crippen molar-refractivity contribution in [1.29, 1.82) is 0 Å². The summed E-state index contributed by atoms with van der Waals surface area (Å²) >= 11 is 0. The van der Waals surface area contributed by atoms with Crippen LogP contribution >= 0.6 is 0 Å². The molecular formula is C12H20N2O2S. The molecule has 0 aliphatic carbocycles. The Hall–Kier alpha value is -0.860. The van der Waals surface area contributed by atoms with E-state index in [0.29, 0.717) is 12.3 Å². The molecule has 96 valence electrons. The van der Waals surface area contributed by atoms with Gasteiger partial charge in [0.15, 0.2) is 0 Å². The number of piperidine rings is 1. The van der Waals surface area contributed by atoms with E-state index in [-0.39, 0.29) is 11.8 Å². The second-order valence-electron chi connectivity index (χ2n) is 3.96. The van der Waals surface area contributed by atoms with E-state index in [9.17, 15) is 9.00 Å². The molecule has 0 saturated carbocycles. The van der Waals surface area contributed by atoms with Crippen molar-refractivity contribution in [2.24, 2.45) is 5.92 Å². The van der Waals surface area contributed by atoms with Gasteiger partial charge in [-0.3, -0.25) is 4.79 Å². The molecule has 1 N–H and O–H groups in total. The first-order valence-corrected chi connectivity index (χ1v) is 7.27. The van der Waals surface area contributed by atoms with Crippen LogP contribution in [0.25, 0.3) is 0 Å². The Morgan fingerprint density at radius 3 is 2.65 bits per heavy atom. The van der Waals surface area contributed by atoms with Crippen molar-refractivity contribution < 1.29 is 9.00 Å². The van der Waals surface area contributed by atoms with E-state index in [2.05, 4.69) is 17.2 Å². The minimum absolute atomic E-state index is 0.0544. The first kappa shape index (κ1) is 14.2. The zero-order valence-electron chi connectivity index (χ0n) is 10.5. The fourth-order valence-electron chi connectivity index (χ4n) is 1.87. The summed E-state index contributed by atoms with van der Waals surface area (Å²) in [5.74, 6) is 6.34. The van der Waals surface area contributed by atoms with Crippen LogP contribution in [0.1, 0.15) is 26.7 Å². The summed E-state index contributed by atoms with van der Waals surface area (Å²) in [5.41, 5.74) is 0. The average molecular weight is 256 g/mol. The van der Waals surface area contributed by atoms with Gasteiger partial charge in [0.1, 0.15) is 0 Å². The Kier molecular flexibility index (Phi) is 6.23. The minimum atomic E-state index is -0.869. The summed E-state index contributed by atoms with van der Waals surface area (Å²) in [7, 11) is -0.869.